The van der Waals surface area contributed by atoms with Gasteiger partial charge in [-0.3, -0.25) is 4.68 Å². The lowest BCUT2D eigenvalue weighted by Gasteiger charge is -2.10. The average Bonchev–Trinajstić information content (AvgIpc) is 2.79. The van der Waals surface area contributed by atoms with E-state index in [0.717, 1.165) is 6.07 Å². The van der Waals surface area contributed by atoms with E-state index in [-0.39, 0.29) is 22.2 Å². The number of carbonyl (C=O) groups excluding carboxylic acids is 1. The van der Waals surface area contributed by atoms with Gasteiger partial charge < -0.3 is 9.47 Å². The van der Waals surface area contributed by atoms with E-state index in [4.69, 9.17) is 11.6 Å². The van der Waals surface area contributed by atoms with Gasteiger partial charge in [0.2, 0.25) is 0 Å². The molecule has 0 radical (unpaired) electrons. The SMILES string of the molecule is COC(=O)c1cc(-c2cnc(Cl)cc2OC(F)F)n(C)n1. The van der Waals surface area contributed by atoms with Crippen molar-refractivity contribution in [3.63, 3.8) is 0 Å². The summed E-state index contributed by atoms with van der Waals surface area (Å²) >= 11 is 5.67. The summed E-state index contributed by atoms with van der Waals surface area (Å²) in [6, 6.07) is 2.54. The van der Waals surface area contributed by atoms with Crippen LogP contribution < -0.4 is 4.74 Å². The van der Waals surface area contributed by atoms with Crippen LogP contribution in [0.3, 0.4) is 0 Å². The Hall–Kier alpha value is -2.22. The average molecular weight is 318 g/mol. The predicted molar refractivity (Wildman–Crippen MR) is 69.4 cm³/mol. The van der Waals surface area contributed by atoms with Crippen LogP contribution in [0.2, 0.25) is 5.15 Å². The summed E-state index contributed by atoms with van der Waals surface area (Å²) in [6.07, 6.45) is 1.26. The monoisotopic (exact) mass is 317 g/mol. The number of hydrogen-bond acceptors (Lipinski definition) is 5. The fourth-order valence-corrected chi connectivity index (χ4v) is 1.87. The lowest BCUT2D eigenvalue weighted by atomic mass is 10.2. The maximum absolute atomic E-state index is 12.5. The van der Waals surface area contributed by atoms with Gasteiger partial charge in [-0.25, -0.2) is 9.78 Å². The molecule has 0 N–H and O–H groups in total. The molecule has 6 nitrogen and oxygen atoms in total. The van der Waals surface area contributed by atoms with Crippen molar-refractivity contribution in [2.45, 2.75) is 6.61 Å². The maximum Gasteiger partial charge on any atom is 0.387 e. The van der Waals surface area contributed by atoms with E-state index in [9.17, 15) is 13.6 Å². The molecule has 0 bridgehead atoms. The minimum Gasteiger partial charge on any atom is -0.464 e. The van der Waals surface area contributed by atoms with E-state index in [1.54, 1.807) is 7.05 Å². The van der Waals surface area contributed by atoms with E-state index in [2.05, 4.69) is 19.6 Å². The molecule has 2 aromatic rings. The first-order valence-electron chi connectivity index (χ1n) is 5.65. The Labute approximate surface area is 123 Å². The lowest BCUT2D eigenvalue weighted by Crippen LogP contribution is -2.05. The molecule has 112 valence electrons. The van der Waals surface area contributed by atoms with Crippen LogP contribution in [0, 0.1) is 0 Å². The molecule has 2 heterocycles. The molecule has 0 aliphatic heterocycles. The van der Waals surface area contributed by atoms with E-state index in [1.165, 1.54) is 24.1 Å². The molecule has 0 unspecified atom stereocenters. The zero-order valence-corrected chi connectivity index (χ0v) is 11.8. The summed E-state index contributed by atoms with van der Waals surface area (Å²) in [6.45, 7) is -3.02. The molecule has 0 atom stereocenters. The standard InChI is InChI=1S/C12H10ClF2N3O3/c1-18-8(3-7(17-18)11(19)20-2)6-5-16-10(13)4-9(6)21-12(14)15/h3-5,12H,1-2H3. The second-order valence-corrected chi connectivity index (χ2v) is 4.30. The Balaban J connectivity index is 2.51. The molecule has 0 saturated heterocycles. The summed E-state index contributed by atoms with van der Waals surface area (Å²) in [7, 11) is 2.76. The quantitative estimate of drug-likeness (QED) is 0.640. The highest BCUT2D eigenvalue weighted by Crippen LogP contribution is 2.32. The molecule has 0 aromatic carbocycles. The van der Waals surface area contributed by atoms with E-state index in [0.29, 0.717) is 5.69 Å². The number of aromatic nitrogens is 3. The maximum atomic E-state index is 12.5. The Morgan fingerprint density at radius 3 is 2.76 bits per heavy atom. The Morgan fingerprint density at radius 2 is 2.14 bits per heavy atom. The number of hydrogen-bond donors (Lipinski definition) is 0. The van der Waals surface area contributed by atoms with Gasteiger partial charge in [-0.1, -0.05) is 11.6 Å². The van der Waals surface area contributed by atoms with Crippen LogP contribution in [-0.2, 0) is 11.8 Å². The lowest BCUT2D eigenvalue weighted by molar-refractivity contribution is -0.0495. The molecule has 2 aromatic heterocycles. The number of ether oxygens (including phenoxy) is 2. The van der Waals surface area contributed by atoms with Gasteiger partial charge in [0.05, 0.1) is 18.4 Å². The fourth-order valence-electron chi connectivity index (χ4n) is 1.72. The first-order chi connectivity index (χ1) is 9.92. The van der Waals surface area contributed by atoms with Crippen LogP contribution in [0.5, 0.6) is 5.75 Å². The Morgan fingerprint density at radius 1 is 1.43 bits per heavy atom. The highest BCUT2D eigenvalue weighted by Gasteiger charge is 2.19. The summed E-state index contributed by atoms with van der Waals surface area (Å²) in [5, 5.41) is 3.94. The van der Waals surface area contributed by atoms with Crippen molar-refractivity contribution in [2.24, 2.45) is 7.05 Å². The van der Waals surface area contributed by atoms with Crippen LogP contribution in [0.25, 0.3) is 11.3 Å². The van der Waals surface area contributed by atoms with Gasteiger partial charge in [0, 0.05) is 19.3 Å². The van der Waals surface area contributed by atoms with E-state index >= 15 is 0 Å². The van der Waals surface area contributed by atoms with Gasteiger partial charge in [0.15, 0.2) is 5.69 Å². The topological polar surface area (TPSA) is 66.2 Å². The third-order valence-corrected chi connectivity index (χ3v) is 2.81. The van der Waals surface area contributed by atoms with Crippen molar-refractivity contribution < 1.29 is 23.0 Å². The number of alkyl halides is 2. The Kier molecular flexibility index (Phi) is 4.37. The van der Waals surface area contributed by atoms with Gasteiger partial charge in [0.1, 0.15) is 10.9 Å². The third-order valence-electron chi connectivity index (χ3n) is 2.60. The van der Waals surface area contributed by atoms with E-state index in [1.807, 2.05) is 0 Å². The molecule has 21 heavy (non-hydrogen) atoms. The summed E-state index contributed by atoms with van der Waals surface area (Å²) in [5.74, 6) is -0.806. The van der Waals surface area contributed by atoms with Gasteiger partial charge in [-0.2, -0.15) is 13.9 Å². The van der Waals surface area contributed by atoms with Crippen LogP contribution in [0.1, 0.15) is 10.5 Å². The Bertz CT molecular complexity index is 676. The highest BCUT2D eigenvalue weighted by atomic mass is 35.5. The number of rotatable bonds is 4. The first kappa shape index (κ1) is 15.2. The molecule has 0 spiro atoms. The zero-order valence-electron chi connectivity index (χ0n) is 11.0. The minimum atomic E-state index is -3.02. The van der Waals surface area contributed by atoms with Gasteiger partial charge in [0.25, 0.3) is 0 Å². The predicted octanol–water partition coefficient (Wildman–Crippen LogP) is 2.52. The van der Waals surface area contributed by atoms with Crippen LogP contribution >= 0.6 is 11.6 Å². The van der Waals surface area contributed by atoms with Crippen LogP contribution in [0.15, 0.2) is 18.3 Å². The fraction of sp³-hybridized carbons (Fsp3) is 0.250. The summed E-state index contributed by atoms with van der Waals surface area (Å²) in [4.78, 5) is 15.3. The molecule has 0 amide bonds. The van der Waals surface area contributed by atoms with Gasteiger partial charge in [-0.05, 0) is 6.07 Å². The third kappa shape index (κ3) is 3.27. The molecule has 0 saturated carbocycles. The molecule has 0 aliphatic rings. The summed E-state index contributed by atoms with van der Waals surface area (Å²) in [5.41, 5.74) is 0.619. The molecular formula is C12H10ClF2N3O3. The molecule has 2 rings (SSSR count). The number of esters is 1. The number of carbonyl (C=O) groups is 1. The molecule has 0 fully saturated rings. The number of methoxy groups -OCH3 is 1. The minimum absolute atomic E-state index is 0.00441. The van der Waals surface area contributed by atoms with Crippen LogP contribution in [0.4, 0.5) is 8.78 Å². The zero-order chi connectivity index (χ0) is 15.6. The molecule has 9 heteroatoms. The largest absolute Gasteiger partial charge is 0.464 e. The first-order valence-corrected chi connectivity index (χ1v) is 6.03. The number of halogens is 3. The van der Waals surface area contributed by atoms with Crippen molar-refractivity contribution >= 4 is 17.6 Å². The van der Waals surface area contributed by atoms with E-state index < -0.39 is 12.6 Å². The van der Waals surface area contributed by atoms with Gasteiger partial charge in [-0.15, -0.1) is 0 Å². The number of nitrogens with zero attached hydrogens (tertiary/aromatic N) is 3. The van der Waals surface area contributed by atoms with Crippen molar-refractivity contribution in [1.29, 1.82) is 0 Å². The second-order valence-electron chi connectivity index (χ2n) is 3.91. The molecular weight excluding hydrogens is 308 g/mol. The van der Waals surface area contributed by atoms with Crippen molar-refractivity contribution in [1.82, 2.24) is 14.8 Å². The van der Waals surface area contributed by atoms with Crippen molar-refractivity contribution in [2.75, 3.05) is 7.11 Å². The normalized spacial score (nSPS) is 10.8. The second kappa shape index (κ2) is 6.04. The smallest absolute Gasteiger partial charge is 0.387 e. The highest BCUT2D eigenvalue weighted by molar-refractivity contribution is 6.29. The van der Waals surface area contributed by atoms with Crippen molar-refractivity contribution in [3.8, 4) is 17.0 Å². The number of aryl methyl sites for hydroxylation is 1. The van der Waals surface area contributed by atoms with Crippen molar-refractivity contribution in [3.05, 3.63) is 29.2 Å². The van der Waals surface area contributed by atoms with Crippen LogP contribution in [-0.4, -0.2) is 34.5 Å². The number of pyridine rings is 1. The van der Waals surface area contributed by atoms with Gasteiger partial charge >= 0.3 is 12.6 Å². The summed E-state index contributed by atoms with van der Waals surface area (Å²) < 4.78 is 35.2. The molecule has 0 aliphatic carbocycles.